The molecule has 110 valence electrons. The number of rotatable bonds is 4. The van der Waals surface area contributed by atoms with Gasteiger partial charge in [-0.25, -0.2) is 0 Å². The molecule has 22 heavy (non-hydrogen) atoms. The van der Waals surface area contributed by atoms with Crippen LogP contribution in [0.3, 0.4) is 0 Å². The van der Waals surface area contributed by atoms with E-state index in [4.69, 9.17) is 4.74 Å². The van der Waals surface area contributed by atoms with Gasteiger partial charge in [0.15, 0.2) is 0 Å². The standard InChI is InChI=1S/C21H20O/c1-15(17-10-12-21(22-3)13-11-17)16(2)19-9-8-18-6-4-5-7-20(18)14-19/h4-14,16H,1H2,2-3H3/t16-/m0/s1. The Morgan fingerprint density at radius 2 is 1.59 bits per heavy atom. The van der Waals surface area contributed by atoms with Crippen LogP contribution in [0.1, 0.15) is 24.0 Å². The number of allylic oxidation sites excluding steroid dienone is 1. The van der Waals surface area contributed by atoms with Gasteiger partial charge >= 0.3 is 0 Å². The highest BCUT2D eigenvalue weighted by Gasteiger charge is 2.12. The molecule has 0 saturated heterocycles. The first-order valence-corrected chi connectivity index (χ1v) is 7.51. The van der Waals surface area contributed by atoms with Crippen molar-refractivity contribution < 1.29 is 4.74 Å². The smallest absolute Gasteiger partial charge is 0.118 e. The Bertz CT molecular complexity index is 800. The highest BCUT2D eigenvalue weighted by Crippen LogP contribution is 2.32. The Morgan fingerprint density at radius 1 is 0.909 bits per heavy atom. The fourth-order valence-corrected chi connectivity index (χ4v) is 2.73. The molecule has 1 nitrogen and oxygen atoms in total. The molecule has 0 aliphatic heterocycles. The quantitative estimate of drug-likeness (QED) is 0.601. The van der Waals surface area contributed by atoms with Crippen LogP contribution in [0.15, 0.2) is 73.3 Å². The van der Waals surface area contributed by atoms with Gasteiger partial charge in [-0.1, -0.05) is 68.1 Å². The lowest BCUT2D eigenvalue weighted by molar-refractivity contribution is 0.415. The summed E-state index contributed by atoms with van der Waals surface area (Å²) in [5.41, 5.74) is 3.57. The van der Waals surface area contributed by atoms with Crippen LogP contribution in [-0.2, 0) is 0 Å². The third-order valence-corrected chi connectivity index (χ3v) is 4.26. The van der Waals surface area contributed by atoms with Crippen LogP contribution < -0.4 is 4.74 Å². The van der Waals surface area contributed by atoms with Crippen LogP contribution in [0.4, 0.5) is 0 Å². The molecule has 0 bridgehead atoms. The van der Waals surface area contributed by atoms with Gasteiger partial charge in [-0.15, -0.1) is 0 Å². The van der Waals surface area contributed by atoms with Crippen LogP contribution in [0.5, 0.6) is 5.75 Å². The number of hydrogen-bond donors (Lipinski definition) is 0. The predicted octanol–water partition coefficient (Wildman–Crippen LogP) is 5.67. The van der Waals surface area contributed by atoms with Gasteiger partial charge in [0, 0.05) is 5.92 Å². The average Bonchev–Trinajstić information content (AvgIpc) is 2.60. The molecule has 0 aromatic heterocycles. The van der Waals surface area contributed by atoms with Gasteiger partial charge in [0.05, 0.1) is 7.11 Å². The highest BCUT2D eigenvalue weighted by molar-refractivity contribution is 5.84. The zero-order chi connectivity index (χ0) is 15.5. The Kier molecular flexibility index (Phi) is 3.97. The van der Waals surface area contributed by atoms with Gasteiger partial charge in [0.1, 0.15) is 5.75 Å². The normalized spacial score (nSPS) is 12.1. The molecular weight excluding hydrogens is 268 g/mol. The van der Waals surface area contributed by atoms with Gasteiger partial charge < -0.3 is 4.74 Å². The average molecular weight is 288 g/mol. The fraction of sp³-hybridized carbons (Fsp3) is 0.143. The van der Waals surface area contributed by atoms with E-state index in [9.17, 15) is 0 Å². The molecule has 0 saturated carbocycles. The van der Waals surface area contributed by atoms with Crippen LogP contribution in [0, 0.1) is 0 Å². The van der Waals surface area contributed by atoms with Crippen molar-refractivity contribution in [2.45, 2.75) is 12.8 Å². The molecule has 0 radical (unpaired) electrons. The van der Waals surface area contributed by atoms with Crippen molar-refractivity contribution in [3.8, 4) is 5.75 Å². The Hall–Kier alpha value is -2.54. The Balaban J connectivity index is 1.90. The predicted molar refractivity (Wildman–Crippen MR) is 94.4 cm³/mol. The van der Waals surface area contributed by atoms with Crippen LogP contribution >= 0.6 is 0 Å². The molecule has 3 aromatic carbocycles. The molecule has 0 fully saturated rings. The summed E-state index contributed by atoms with van der Waals surface area (Å²) in [6.45, 7) is 6.50. The van der Waals surface area contributed by atoms with E-state index in [2.05, 4.69) is 68.1 Å². The van der Waals surface area contributed by atoms with E-state index < -0.39 is 0 Å². The summed E-state index contributed by atoms with van der Waals surface area (Å²) < 4.78 is 5.21. The third-order valence-electron chi connectivity index (χ3n) is 4.26. The van der Waals surface area contributed by atoms with Crippen molar-refractivity contribution in [2.75, 3.05) is 7.11 Å². The third kappa shape index (κ3) is 2.75. The second kappa shape index (κ2) is 6.07. The van der Waals surface area contributed by atoms with Gasteiger partial charge in [-0.3, -0.25) is 0 Å². The SMILES string of the molecule is C=C(c1ccc(OC)cc1)[C@H](C)c1ccc2ccccc2c1. The number of methoxy groups -OCH3 is 1. The van der Waals surface area contributed by atoms with Crippen molar-refractivity contribution in [1.29, 1.82) is 0 Å². The van der Waals surface area contributed by atoms with E-state index in [0.29, 0.717) is 0 Å². The van der Waals surface area contributed by atoms with Crippen LogP contribution in [0.2, 0.25) is 0 Å². The molecule has 0 aliphatic carbocycles. The van der Waals surface area contributed by atoms with E-state index in [1.807, 2.05) is 12.1 Å². The summed E-state index contributed by atoms with van der Waals surface area (Å²) >= 11 is 0. The van der Waals surface area contributed by atoms with Crippen molar-refractivity contribution >= 4 is 16.3 Å². The molecule has 3 rings (SSSR count). The van der Waals surface area contributed by atoms with Gasteiger partial charge in [0.25, 0.3) is 0 Å². The highest BCUT2D eigenvalue weighted by atomic mass is 16.5. The Morgan fingerprint density at radius 3 is 2.27 bits per heavy atom. The topological polar surface area (TPSA) is 9.23 Å². The lowest BCUT2D eigenvalue weighted by Gasteiger charge is -2.16. The minimum absolute atomic E-state index is 0.276. The minimum Gasteiger partial charge on any atom is -0.497 e. The number of benzene rings is 3. The lowest BCUT2D eigenvalue weighted by atomic mass is 9.88. The van der Waals surface area contributed by atoms with E-state index in [1.165, 1.54) is 16.3 Å². The summed E-state index contributed by atoms with van der Waals surface area (Å²) in [5, 5.41) is 2.54. The van der Waals surface area contributed by atoms with Crippen molar-refractivity contribution in [1.82, 2.24) is 0 Å². The van der Waals surface area contributed by atoms with E-state index >= 15 is 0 Å². The summed E-state index contributed by atoms with van der Waals surface area (Å²) in [7, 11) is 1.68. The summed E-state index contributed by atoms with van der Waals surface area (Å²) in [4.78, 5) is 0. The van der Waals surface area contributed by atoms with E-state index in [1.54, 1.807) is 7.11 Å². The molecule has 0 unspecified atom stereocenters. The molecule has 1 atom stereocenters. The second-order valence-corrected chi connectivity index (χ2v) is 5.58. The maximum atomic E-state index is 5.21. The first-order valence-electron chi connectivity index (χ1n) is 7.51. The summed E-state index contributed by atoms with van der Waals surface area (Å²) in [5.74, 6) is 1.15. The maximum absolute atomic E-state index is 5.21. The summed E-state index contributed by atoms with van der Waals surface area (Å²) in [6, 6.07) is 23.2. The first kappa shape index (κ1) is 14.4. The van der Waals surface area contributed by atoms with E-state index in [-0.39, 0.29) is 5.92 Å². The molecule has 0 heterocycles. The van der Waals surface area contributed by atoms with Gasteiger partial charge in [0.2, 0.25) is 0 Å². The molecule has 3 aromatic rings. The van der Waals surface area contributed by atoms with Gasteiger partial charge in [-0.05, 0) is 39.6 Å². The molecule has 0 spiro atoms. The van der Waals surface area contributed by atoms with Gasteiger partial charge in [-0.2, -0.15) is 0 Å². The van der Waals surface area contributed by atoms with Crippen LogP contribution in [0.25, 0.3) is 16.3 Å². The monoisotopic (exact) mass is 288 g/mol. The lowest BCUT2D eigenvalue weighted by Crippen LogP contribution is -1.97. The molecule has 0 amide bonds. The van der Waals surface area contributed by atoms with Crippen molar-refractivity contribution in [2.24, 2.45) is 0 Å². The first-order chi connectivity index (χ1) is 10.7. The number of ether oxygens (including phenoxy) is 1. The van der Waals surface area contributed by atoms with Crippen molar-refractivity contribution in [3.05, 3.63) is 84.4 Å². The zero-order valence-electron chi connectivity index (χ0n) is 13.0. The van der Waals surface area contributed by atoms with Crippen LogP contribution in [-0.4, -0.2) is 7.11 Å². The van der Waals surface area contributed by atoms with E-state index in [0.717, 1.165) is 16.9 Å². The molecule has 0 N–H and O–H groups in total. The minimum atomic E-state index is 0.276. The molecular formula is C21H20O. The number of hydrogen-bond acceptors (Lipinski definition) is 1. The maximum Gasteiger partial charge on any atom is 0.118 e. The molecule has 0 aliphatic rings. The Labute approximate surface area is 131 Å². The van der Waals surface area contributed by atoms with Crippen molar-refractivity contribution in [3.63, 3.8) is 0 Å². The zero-order valence-corrected chi connectivity index (χ0v) is 13.0. The fourth-order valence-electron chi connectivity index (χ4n) is 2.73. The molecule has 1 heteroatoms. The second-order valence-electron chi connectivity index (χ2n) is 5.58. The number of fused-ring (bicyclic) bond motifs is 1. The largest absolute Gasteiger partial charge is 0.497 e. The summed E-state index contributed by atoms with van der Waals surface area (Å²) in [6.07, 6.45) is 0.